The smallest absolute Gasteiger partial charge is 0.123 e. The summed E-state index contributed by atoms with van der Waals surface area (Å²) in [6.45, 7) is 2.90. The lowest BCUT2D eigenvalue weighted by Crippen LogP contribution is -2.13. The van der Waals surface area contributed by atoms with Gasteiger partial charge in [0.25, 0.3) is 0 Å². The van der Waals surface area contributed by atoms with E-state index in [1.165, 1.54) is 61.8 Å². The molecule has 1 aliphatic carbocycles. The molecule has 1 aliphatic rings. The van der Waals surface area contributed by atoms with Crippen LogP contribution in [0.3, 0.4) is 0 Å². The third-order valence-electron chi connectivity index (χ3n) is 5.19. The largest absolute Gasteiger partial charge is 0.326 e. The minimum atomic E-state index is 0.602. The Kier molecular flexibility index (Phi) is 5.85. The minimum Gasteiger partial charge on any atom is -0.326 e. The van der Waals surface area contributed by atoms with Crippen molar-refractivity contribution in [1.82, 2.24) is 4.98 Å². The highest BCUT2D eigenvalue weighted by Crippen LogP contribution is 2.39. The van der Waals surface area contributed by atoms with Gasteiger partial charge in [-0.2, -0.15) is 0 Å². The van der Waals surface area contributed by atoms with E-state index in [0.717, 1.165) is 10.9 Å². The van der Waals surface area contributed by atoms with E-state index >= 15 is 0 Å². The molecular weight excluding hydrogens is 300 g/mol. The third-order valence-corrected chi connectivity index (χ3v) is 6.10. The van der Waals surface area contributed by atoms with Crippen molar-refractivity contribution in [3.05, 3.63) is 40.9 Å². The molecule has 0 radical (unpaired) electrons. The molecule has 2 N–H and O–H groups in total. The average Bonchev–Trinajstić information content (AvgIpc) is 3.10. The highest BCUT2D eigenvalue weighted by molar-refractivity contribution is 7.13. The van der Waals surface area contributed by atoms with Gasteiger partial charge in [0.05, 0.1) is 5.69 Å². The molecule has 1 saturated carbocycles. The number of nitrogens with two attached hydrogens (primary N) is 1. The lowest BCUT2D eigenvalue weighted by molar-refractivity contribution is 0.302. The molecule has 1 heterocycles. The first-order valence-corrected chi connectivity index (χ1v) is 9.93. The van der Waals surface area contributed by atoms with Crippen molar-refractivity contribution in [3.8, 4) is 10.6 Å². The predicted octanol–water partition coefficient (Wildman–Crippen LogP) is 5.73. The minimum absolute atomic E-state index is 0.602. The van der Waals surface area contributed by atoms with Gasteiger partial charge in [-0.3, -0.25) is 0 Å². The number of hydrogen-bond acceptors (Lipinski definition) is 3. The number of aromatic nitrogens is 1. The van der Waals surface area contributed by atoms with Gasteiger partial charge in [0.1, 0.15) is 5.01 Å². The number of hydrogen-bond donors (Lipinski definition) is 1. The lowest BCUT2D eigenvalue weighted by Gasteiger charge is -2.27. The molecule has 2 aromatic rings. The van der Waals surface area contributed by atoms with Gasteiger partial charge >= 0.3 is 0 Å². The Labute approximate surface area is 144 Å². The van der Waals surface area contributed by atoms with Gasteiger partial charge < -0.3 is 5.73 Å². The fraction of sp³-hybridized carbons (Fsp3) is 0.550. The zero-order valence-electron chi connectivity index (χ0n) is 14.1. The van der Waals surface area contributed by atoms with Crippen molar-refractivity contribution in [2.24, 2.45) is 11.7 Å². The molecule has 0 spiro atoms. The van der Waals surface area contributed by atoms with Crippen LogP contribution >= 0.6 is 11.3 Å². The topological polar surface area (TPSA) is 38.9 Å². The van der Waals surface area contributed by atoms with Crippen LogP contribution in [0, 0.1) is 5.92 Å². The van der Waals surface area contributed by atoms with Gasteiger partial charge in [0.15, 0.2) is 0 Å². The molecule has 3 heteroatoms. The highest BCUT2D eigenvalue weighted by Gasteiger charge is 2.23. The van der Waals surface area contributed by atoms with Gasteiger partial charge in [0.2, 0.25) is 0 Å². The van der Waals surface area contributed by atoms with Crippen LogP contribution < -0.4 is 5.73 Å². The molecule has 0 atom stereocenters. The van der Waals surface area contributed by atoms with Gasteiger partial charge in [-0.05, 0) is 37.2 Å². The van der Waals surface area contributed by atoms with Crippen LogP contribution in [0.1, 0.15) is 69.0 Å². The summed E-state index contributed by atoms with van der Waals surface area (Å²) < 4.78 is 0. The summed E-state index contributed by atoms with van der Waals surface area (Å²) >= 11 is 1.78. The molecule has 1 fully saturated rings. The van der Waals surface area contributed by atoms with E-state index in [2.05, 4.69) is 36.6 Å². The first kappa shape index (κ1) is 16.7. The summed E-state index contributed by atoms with van der Waals surface area (Å²) in [5, 5.41) is 3.43. The third kappa shape index (κ3) is 4.21. The van der Waals surface area contributed by atoms with Crippen LogP contribution in [0.2, 0.25) is 0 Å². The van der Waals surface area contributed by atoms with Crippen molar-refractivity contribution >= 4 is 11.3 Å². The van der Waals surface area contributed by atoms with E-state index in [4.69, 9.17) is 10.7 Å². The molecule has 0 aliphatic heterocycles. The second-order valence-corrected chi connectivity index (χ2v) is 7.70. The van der Waals surface area contributed by atoms with Crippen molar-refractivity contribution in [2.75, 3.05) is 0 Å². The number of rotatable bonds is 6. The Hall–Kier alpha value is -1.19. The molecule has 2 nitrogen and oxygen atoms in total. The van der Waals surface area contributed by atoms with Gasteiger partial charge in [0, 0.05) is 23.4 Å². The molecule has 124 valence electrons. The molecule has 1 aromatic carbocycles. The van der Waals surface area contributed by atoms with Crippen molar-refractivity contribution < 1.29 is 0 Å². The number of nitrogens with zero attached hydrogens (tertiary/aromatic N) is 1. The summed E-state index contributed by atoms with van der Waals surface area (Å²) in [7, 11) is 0. The van der Waals surface area contributed by atoms with Gasteiger partial charge in [-0.25, -0.2) is 4.98 Å². The maximum atomic E-state index is 5.67. The van der Waals surface area contributed by atoms with Crippen LogP contribution in [0.5, 0.6) is 0 Å². The monoisotopic (exact) mass is 328 g/mol. The summed E-state index contributed by atoms with van der Waals surface area (Å²) in [4.78, 5) is 4.93. The molecule has 0 unspecified atom stereocenters. The Morgan fingerprint density at radius 1 is 1.13 bits per heavy atom. The van der Waals surface area contributed by atoms with Gasteiger partial charge in [-0.1, -0.05) is 50.5 Å². The van der Waals surface area contributed by atoms with Gasteiger partial charge in [-0.15, -0.1) is 11.3 Å². The fourth-order valence-corrected chi connectivity index (χ4v) is 4.54. The van der Waals surface area contributed by atoms with Crippen molar-refractivity contribution in [3.63, 3.8) is 0 Å². The Morgan fingerprint density at radius 3 is 2.52 bits per heavy atom. The number of benzene rings is 1. The maximum absolute atomic E-state index is 5.67. The molecule has 3 rings (SSSR count). The van der Waals surface area contributed by atoms with Crippen LogP contribution in [-0.4, -0.2) is 4.98 Å². The Balaban J connectivity index is 1.61. The first-order valence-electron chi connectivity index (χ1n) is 9.05. The highest BCUT2D eigenvalue weighted by atomic mass is 32.1. The first-order chi connectivity index (χ1) is 11.3. The normalized spacial score (nSPS) is 21.5. The van der Waals surface area contributed by atoms with Crippen LogP contribution in [0.25, 0.3) is 10.6 Å². The van der Waals surface area contributed by atoms with E-state index in [9.17, 15) is 0 Å². The summed E-state index contributed by atoms with van der Waals surface area (Å²) in [5.74, 6) is 1.65. The maximum Gasteiger partial charge on any atom is 0.123 e. The SMILES string of the molecule is CCCCC1CCC(c2csc(-c3ccc(CN)cc3)n2)CC1. The number of unbranched alkanes of at least 4 members (excludes halogenated alkanes) is 1. The predicted molar refractivity (Wildman–Crippen MR) is 99.7 cm³/mol. The number of thiazole rings is 1. The van der Waals surface area contributed by atoms with E-state index in [0.29, 0.717) is 12.5 Å². The van der Waals surface area contributed by atoms with Crippen LogP contribution in [0.15, 0.2) is 29.6 Å². The second-order valence-electron chi connectivity index (χ2n) is 6.84. The lowest BCUT2D eigenvalue weighted by atomic mass is 9.79. The standard InChI is InChI=1S/C20H28N2S/c1-2-3-4-15-5-9-17(10-6-15)19-14-23-20(22-19)18-11-7-16(13-21)8-12-18/h7-8,11-12,14-15,17H,2-6,9-10,13,21H2,1H3. The summed E-state index contributed by atoms with van der Waals surface area (Å²) in [5.41, 5.74) is 9.38. The van der Waals surface area contributed by atoms with Crippen molar-refractivity contribution in [1.29, 1.82) is 0 Å². The van der Waals surface area contributed by atoms with E-state index in [1.54, 1.807) is 11.3 Å². The molecule has 23 heavy (non-hydrogen) atoms. The zero-order chi connectivity index (χ0) is 16.1. The molecule has 0 bridgehead atoms. The zero-order valence-corrected chi connectivity index (χ0v) is 14.9. The van der Waals surface area contributed by atoms with Crippen molar-refractivity contribution in [2.45, 2.75) is 64.3 Å². The average molecular weight is 329 g/mol. The van der Waals surface area contributed by atoms with E-state index in [-0.39, 0.29) is 0 Å². The molecule has 0 saturated heterocycles. The fourth-order valence-electron chi connectivity index (χ4n) is 3.63. The van der Waals surface area contributed by atoms with E-state index < -0.39 is 0 Å². The summed E-state index contributed by atoms with van der Waals surface area (Å²) in [6, 6.07) is 8.50. The second kappa shape index (κ2) is 8.07. The Morgan fingerprint density at radius 2 is 1.87 bits per heavy atom. The summed E-state index contributed by atoms with van der Waals surface area (Å²) in [6.07, 6.45) is 9.59. The Bertz CT molecular complexity index is 594. The van der Waals surface area contributed by atoms with Crippen LogP contribution in [0.4, 0.5) is 0 Å². The quantitative estimate of drug-likeness (QED) is 0.735. The van der Waals surface area contributed by atoms with Crippen LogP contribution in [-0.2, 0) is 6.54 Å². The molecular formula is C20H28N2S. The molecule has 0 amide bonds. The van der Waals surface area contributed by atoms with E-state index in [1.807, 2.05) is 0 Å². The molecule has 1 aromatic heterocycles.